The fourth-order valence-electron chi connectivity index (χ4n) is 1.18. The molecule has 0 amide bonds. The van der Waals surface area contributed by atoms with Crippen molar-refractivity contribution in [2.24, 2.45) is 5.73 Å². The Labute approximate surface area is 87.1 Å². The lowest BCUT2D eigenvalue weighted by Gasteiger charge is -2.09. The van der Waals surface area contributed by atoms with Crippen molar-refractivity contribution in [1.82, 2.24) is 0 Å². The number of carboxylic acids is 1. The number of carbonyl (C=O) groups is 1. The summed E-state index contributed by atoms with van der Waals surface area (Å²) in [6.07, 6.45) is 0.0678. The first-order chi connectivity index (χ1) is 7.04. The normalized spacial score (nSPS) is 12.1. The van der Waals surface area contributed by atoms with Crippen molar-refractivity contribution >= 4 is 5.97 Å². The Kier molecular flexibility index (Phi) is 3.51. The molecule has 1 rings (SSSR count). The van der Waals surface area contributed by atoms with Gasteiger partial charge in [-0.1, -0.05) is 0 Å². The first-order valence-electron chi connectivity index (χ1n) is 4.39. The molecule has 0 saturated carbocycles. The Morgan fingerprint density at radius 3 is 2.80 bits per heavy atom. The number of benzene rings is 1. The maximum Gasteiger partial charge on any atom is 0.320 e. The van der Waals surface area contributed by atoms with Gasteiger partial charge in [-0.25, -0.2) is 0 Å². The van der Waals surface area contributed by atoms with Crippen molar-refractivity contribution in [1.29, 1.82) is 0 Å². The third-order valence-corrected chi connectivity index (χ3v) is 2.04. The zero-order valence-corrected chi connectivity index (χ0v) is 8.30. The molecule has 15 heavy (non-hydrogen) atoms. The van der Waals surface area contributed by atoms with Gasteiger partial charge < -0.3 is 20.7 Å². The Balaban J connectivity index is 2.88. The van der Waals surface area contributed by atoms with Gasteiger partial charge in [-0.3, -0.25) is 4.79 Å². The van der Waals surface area contributed by atoms with E-state index < -0.39 is 12.0 Å². The summed E-state index contributed by atoms with van der Waals surface area (Å²) in [7, 11) is 1.49. The highest BCUT2D eigenvalue weighted by atomic mass is 16.5. The molecular formula is C10H13NO4. The molecule has 0 spiro atoms. The molecule has 4 N–H and O–H groups in total. The first-order valence-corrected chi connectivity index (χ1v) is 4.39. The van der Waals surface area contributed by atoms with Gasteiger partial charge in [0.05, 0.1) is 7.11 Å². The van der Waals surface area contributed by atoms with Gasteiger partial charge in [-0.05, 0) is 23.8 Å². The van der Waals surface area contributed by atoms with E-state index >= 15 is 0 Å². The summed E-state index contributed by atoms with van der Waals surface area (Å²) in [5.74, 6) is -0.523. The van der Waals surface area contributed by atoms with Gasteiger partial charge >= 0.3 is 5.97 Å². The van der Waals surface area contributed by atoms with E-state index in [9.17, 15) is 9.90 Å². The molecule has 0 aromatic heterocycles. The van der Waals surface area contributed by atoms with Gasteiger partial charge in [0, 0.05) is 6.42 Å². The second-order valence-electron chi connectivity index (χ2n) is 3.14. The highest BCUT2D eigenvalue weighted by Gasteiger charge is 2.14. The predicted molar refractivity (Wildman–Crippen MR) is 54.0 cm³/mol. The second-order valence-corrected chi connectivity index (χ2v) is 3.14. The third kappa shape index (κ3) is 2.85. The molecule has 0 bridgehead atoms. The van der Waals surface area contributed by atoms with E-state index in [-0.39, 0.29) is 12.2 Å². The van der Waals surface area contributed by atoms with E-state index in [2.05, 4.69) is 0 Å². The summed E-state index contributed by atoms with van der Waals surface area (Å²) in [6, 6.07) is 3.58. The summed E-state index contributed by atoms with van der Waals surface area (Å²) in [4.78, 5) is 10.5. The second kappa shape index (κ2) is 4.65. The topological polar surface area (TPSA) is 92.8 Å². The number of hydrogen-bond donors (Lipinski definition) is 3. The number of ether oxygens (including phenoxy) is 1. The van der Waals surface area contributed by atoms with Gasteiger partial charge in [0.15, 0.2) is 0 Å². The third-order valence-electron chi connectivity index (χ3n) is 2.04. The number of hydrogen-bond acceptors (Lipinski definition) is 4. The van der Waals surface area contributed by atoms with Crippen molar-refractivity contribution in [3.8, 4) is 11.5 Å². The Hall–Kier alpha value is -1.75. The summed E-state index contributed by atoms with van der Waals surface area (Å²) >= 11 is 0. The van der Waals surface area contributed by atoms with Crippen LogP contribution in [0.25, 0.3) is 0 Å². The van der Waals surface area contributed by atoms with E-state index in [1.54, 1.807) is 12.1 Å². The standard InChI is InChI=1S/C10H13NO4/c1-15-7-2-3-9(12)6(4-7)5-8(11)10(13)14/h2-4,8,12H,5,11H2,1H3,(H,13,14). The lowest BCUT2D eigenvalue weighted by atomic mass is 10.1. The highest BCUT2D eigenvalue weighted by Crippen LogP contribution is 2.23. The zero-order chi connectivity index (χ0) is 11.4. The van der Waals surface area contributed by atoms with Gasteiger partial charge in [0.25, 0.3) is 0 Å². The van der Waals surface area contributed by atoms with Crippen LogP contribution in [0.5, 0.6) is 11.5 Å². The SMILES string of the molecule is COc1ccc(O)c(CC(N)C(=O)O)c1. The minimum Gasteiger partial charge on any atom is -0.508 e. The molecule has 0 heterocycles. The van der Waals surface area contributed by atoms with Crippen molar-refractivity contribution in [3.05, 3.63) is 23.8 Å². The first kappa shape index (κ1) is 11.3. The smallest absolute Gasteiger partial charge is 0.320 e. The molecule has 5 nitrogen and oxygen atoms in total. The Morgan fingerprint density at radius 1 is 1.60 bits per heavy atom. The zero-order valence-electron chi connectivity index (χ0n) is 8.30. The molecule has 0 radical (unpaired) electrons. The molecule has 1 aromatic rings. The average molecular weight is 211 g/mol. The lowest BCUT2D eigenvalue weighted by Crippen LogP contribution is -2.32. The van der Waals surface area contributed by atoms with Crippen LogP contribution in [-0.2, 0) is 11.2 Å². The molecular weight excluding hydrogens is 198 g/mol. The number of phenolic OH excluding ortho intramolecular Hbond substituents is 1. The maximum absolute atomic E-state index is 10.5. The largest absolute Gasteiger partial charge is 0.508 e. The minimum atomic E-state index is -1.10. The van der Waals surface area contributed by atoms with Gasteiger partial charge in [-0.2, -0.15) is 0 Å². The summed E-state index contributed by atoms with van der Waals surface area (Å²) in [5.41, 5.74) is 5.82. The molecule has 0 saturated heterocycles. The van der Waals surface area contributed by atoms with Crippen LogP contribution >= 0.6 is 0 Å². The van der Waals surface area contributed by atoms with Crippen LogP contribution in [0.2, 0.25) is 0 Å². The van der Waals surface area contributed by atoms with E-state index in [0.717, 1.165) is 0 Å². The van der Waals surface area contributed by atoms with Gasteiger partial charge in [-0.15, -0.1) is 0 Å². The molecule has 1 unspecified atom stereocenters. The van der Waals surface area contributed by atoms with Crippen LogP contribution < -0.4 is 10.5 Å². The average Bonchev–Trinajstić information content (AvgIpc) is 2.21. The molecule has 0 aliphatic carbocycles. The predicted octanol–water partition coefficient (Wildman–Crippen LogP) is 0.355. The molecule has 0 aliphatic rings. The Bertz CT molecular complexity index is 364. The summed E-state index contributed by atoms with van der Waals surface area (Å²) in [6.45, 7) is 0. The van der Waals surface area contributed by atoms with E-state index in [1.165, 1.54) is 13.2 Å². The van der Waals surface area contributed by atoms with Crippen LogP contribution in [-0.4, -0.2) is 29.3 Å². The fourth-order valence-corrected chi connectivity index (χ4v) is 1.18. The minimum absolute atomic E-state index is 0.0208. The summed E-state index contributed by atoms with van der Waals surface area (Å²) < 4.78 is 4.95. The molecule has 0 aliphatic heterocycles. The van der Waals surface area contributed by atoms with Crippen LogP contribution in [0.15, 0.2) is 18.2 Å². The fraction of sp³-hybridized carbons (Fsp3) is 0.300. The van der Waals surface area contributed by atoms with Gasteiger partial charge in [0.2, 0.25) is 0 Å². The highest BCUT2D eigenvalue weighted by molar-refractivity contribution is 5.73. The number of methoxy groups -OCH3 is 1. The van der Waals surface area contributed by atoms with Crippen molar-refractivity contribution in [2.45, 2.75) is 12.5 Å². The molecule has 5 heteroatoms. The van der Waals surface area contributed by atoms with Crippen LogP contribution in [0, 0.1) is 0 Å². The number of rotatable bonds is 4. The Morgan fingerprint density at radius 2 is 2.27 bits per heavy atom. The lowest BCUT2D eigenvalue weighted by molar-refractivity contribution is -0.138. The van der Waals surface area contributed by atoms with E-state index in [4.69, 9.17) is 15.6 Å². The van der Waals surface area contributed by atoms with Crippen LogP contribution in [0.4, 0.5) is 0 Å². The van der Waals surface area contributed by atoms with E-state index in [1.807, 2.05) is 0 Å². The maximum atomic E-state index is 10.5. The number of nitrogens with two attached hydrogens (primary N) is 1. The van der Waals surface area contributed by atoms with Gasteiger partial charge in [0.1, 0.15) is 17.5 Å². The number of aromatic hydroxyl groups is 1. The number of aliphatic carboxylic acids is 1. The van der Waals surface area contributed by atoms with Crippen molar-refractivity contribution < 1.29 is 19.7 Å². The molecule has 82 valence electrons. The number of phenols is 1. The molecule has 1 aromatic carbocycles. The van der Waals surface area contributed by atoms with Crippen molar-refractivity contribution in [3.63, 3.8) is 0 Å². The molecule has 1 atom stereocenters. The van der Waals surface area contributed by atoms with Crippen LogP contribution in [0.3, 0.4) is 0 Å². The van der Waals surface area contributed by atoms with Crippen LogP contribution in [0.1, 0.15) is 5.56 Å². The van der Waals surface area contributed by atoms with E-state index in [0.29, 0.717) is 11.3 Å². The van der Waals surface area contributed by atoms with Crippen molar-refractivity contribution in [2.75, 3.05) is 7.11 Å². The molecule has 0 fully saturated rings. The quantitative estimate of drug-likeness (QED) is 0.668. The monoisotopic (exact) mass is 211 g/mol. The number of carboxylic acid groups (broad SMARTS) is 1. The summed E-state index contributed by atoms with van der Waals surface area (Å²) in [5, 5.41) is 18.1.